The van der Waals surface area contributed by atoms with E-state index < -0.39 is 0 Å². The first-order chi connectivity index (χ1) is 8.40. The Hall–Kier alpha value is -1.65. The van der Waals surface area contributed by atoms with Gasteiger partial charge in [-0.25, -0.2) is 0 Å². The van der Waals surface area contributed by atoms with Gasteiger partial charge in [-0.15, -0.1) is 0 Å². The first-order valence-corrected chi connectivity index (χ1v) is 5.55. The van der Waals surface area contributed by atoms with Crippen LogP contribution < -0.4 is 4.74 Å². The Labute approximate surface area is 99.1 Å². The van der Waals surface area contributed by atoms with Crippen LogP contribution in [0.2, 0.25) is 0 Å². The van der Waals surface area contributed by atoms with Crippen LogP contribution in [0.3, 0.4) is 0 Å². The average molecular weight is 231 g/mol. The summed E-state index contributed by atoms with van der Waals surface area (Å²) in [5, 5.41) is 1.01. The lowest BCUT2D eigenvalue weighted by atomic mass is 10.1. The third-order valence-corrected chi connectivity index (χ3v) is 2.86. The Morgan fingerprint density at radius 3 is 2.82 bits per heavy atom. The number of hydrogen-bond donors (Lipinski definition) is 0. The zero-order valence-electron chi connectivity index (χ0n) is 9.55. The number of ether oxygens (including phenoxy) is 3. The van der Waals surface area contributed by atoms with Gasteiger partial charge in [0.2, 0.25) is 0 Å². The van der Waals surface area contributed by atoms with E-state index in [1.54, 1.807) is 13.3 Å². The van der Waals surface area contributed by atoms with Gasteiger partial charge in [0.1, 0.15) is 11.3 Å². The SMILES string of the molecule is COc1ccc(C2OCCO2)c2cccnc12. The monoisotopic (exact) mass is 231 g/mol. The van der Waals surface area contributed by atoms with Gasteiger partial charge in [-0.05, 0) is 18.2 Å². The van der Waals surface area contributed by atoms with Crippen LogP contribution in [0.25, 0.3) is 10.9 Å². The van der Waals surface area contributed by atoms with Gasteiger partial charge in [0.15, 0.2) is 6.29 Å². The first kappa shape index (κ1) is 10.5. The molecule has 2 aromatic rings. The van der Waals surface area contributed by atoms with E-state index in [0.29, 0.717) is 13.2 Å². The van der Waals surface area contributed by atoms with E-state index in [9.17, 15) is 0 Å². The van der Waals surface area contributed by atoms with Gasteiger partial charge in [-0.1, -0.05) is 6.07 Å². The number of rotatable bonds is 2. The summed E-state index contributed by atoms with van der Waals surface area (Å²) in [6.07, 6.45) is 1.47. The van der Waals surface area contributed by atoms with Gasteiger partial charge in [0.25, 0.3) is 0 Å². The lowest BCUT2D eigenvalue weighted by molar-refractivity contribution is -0.0430. The van der Waals surface area contributed by atoms with Crippen molar-refractivity contribution < 1.29 is 14.2 Å². The summed E-state index contributed by atoms with van der Waals surface area (Å²) in [5.41, 5.74) is 1.85. The second-order valence-corrected chi connectivity index (χ2v) is 3.83. The molecule has 4 nitrogen and oxygen atoms in total. The molecular formula is C13H13NO3. The second kappa shape index (κ2) is 4.31. The predicted molar refractivity (Wildman–Crippen MR) is 62.9 cm³/mol. The summed E-state index contributed by atoms with van der Waals surface area (Å²) in [7, 11) is 1.64. The van der Waals surface area contributed by atoms with Crippen molar-refractivity contribution in [2.75, 3.05) is 20.3 Å². The topological polar surface area (TPSA) is 40.6 Å². The smallest absolute Gasteiger partial charge is 0.184 e. The quantitative estimate of drug-likeness (QED) is 0.795. The van der Waals surface area contributed by atoms with Gasteiger partial charge in [0.05, 0.1) is 20.3 Å². The minimum atomic E-state index is -0.285. The Bertz CT molecular complexity index is 535. The summed E-state index contributed by atoms with van der Waals surface area (Å²) >= 11 is 0. The van der Waals surface area contributed by atoms with E-state index in [4.69, 9.17) is 14.2 Å². The lowest BCUT2D eigenvalue weighted by Gasteiger charge is -2.13. The molecule has 1 aromatic heterocycles. The van der Waals surface area contributed by atoms with Crippen molar-refractivity contribution in [2.24, 2.45) is 0 Å². The number of aromatic nitrogens is 1. The van der Waals surface area contributed by atoms with Crippen LogP contribution >= 0.6 is 0 Å². The largest absolute Gasteiger partial charge is 0.494 e. The Morgan fingerprint density at radius 2 is 2.06 bits per heavy atom. The van der Waals surface area contributed by atoms with Crippen LogP contribution in [0.4, 0.5) is 0 Å². The van der Waals surface area contributed by atoms with Gasteiger partial charge in [0, 0.05) is 17.1 Å². The number of hydrogen-bond acceptors (Lipinski definition) is 4. The molecule has 0 saturated carbocycles. The summed E-state index contributed by atoms with van der Waals surface area (Å²) in [4.78, 5) is 4.35. The molecule has 1 aromatic carbocycles. The number of pyridine rings is 1. The summed E-state index contributed by atoms with van der Waals surface area (Å²) in [6.45, 7) is 1.27. The third kappa shape index (κ3) is 1.75. The maximum atomic E-state index is 5.53. The first-order valence-electron chi connectivity index (χ1n) is 5.55. The number of methoxy groups -OCH3 is 1. The number of fused-ring (bicyclic) bond motifs is 1. The summed E-state index contributed by atoms with van der Waals surface area (Å²) in [5.74, 6) is 0.766. The highest BCUT2D eigenvalue weighted by Crippen LogP contribution is 2.33. The maximum absolute atomic E-state index is 5.53. The zero-order chi connectivity index (χ0) is 11.7. The van der Waals surface area contributed by atoms with Crippen LogP contribution in [-0.4, -0.2) is 25.3 Å². The minimum absolute atomic E-state index is 0.285. The molecule has 1 saturated heterocycles. The molecule has 0 radical (unpaired) electrons. The molecule has 0 N–H and O–H groups in total. The summed E-state index contributed by atoms with van der Waals surface area (Å²) in [6, 6.07) is 7.78. The second-order valence-electron chi connectivity index (χ2n) is 3.83. The normalized spacial score (nSPS) is 16.5. The highest BCUT2D eigenvalue weighted by molar-refractivity contribution is 5.87. The van der Waals surface area contributed by atoms with Gasteiger partial charge >= 0.3 is 0 Å². The molecule has 17 heavy (non-hydrogen) atoms. The van der Waals surface area contributed by atoms with Crippen molar-refractivity contribution in [3.05, 3.63) is 36.0 Å². The highest BCUT2D eigenvalue weighted by atomic mass is 16.7. The van der Waals surface area contributed by atoms with E-state index in [-0.39, 0.29) is 6.29 Å². The summed E-state index contributed by atoms with van der Waals surface area (Å²) < 4.78 is 16.4. The number of benzene rings is 1. The van der Waals surface area contributed by atoms with Crippen LogP contribution in [0.5, 0.6) is 5.75 Å². The molecule has 0 aliphatic carbocycles. The van der Waals surface area contributed by atoms with Crippen molar-refractivity contribution in [3.8, 4) is 5.75 Å². The molecule has 1 aliphatic rings. The molecule has 88 valence electrons. The molecule has 1 aliphatic heterocycles. The Kier molecular flexibility index (Phi) is 2.66. The molecular weight excluding hydrogens is 218 g/mol. The van der Waals surface area contributed by atoms with E-state index in [1.807, 2.05) is 24.3 Å². The van der Waals surface area contributed by atoms with E-state index in [1.165, 1.54) is 0 Å². The van der Waals surface area contributed by atoms with Gasteiger partial charge in [-0.3, -0.25) is 4.98 Å². The Balaban J connectivity index is 2.19. The van der Waals surface area contributed by atoms with Gasteiger partial charge < -0.3 is 14.2 Å². The fraction of sp³-hybridized carbons (Fsp3) is 0.308. The molecule has 3 rings (SSSR count). The van der Waals surface area contributed by atoms with Gasteiger partial charge in [-0.2, -0.15) is 0 Å². The van der Waals surface area contributed by atoms with Crippen molar-refractivity contribution in [1.29, 1.82) is 0 Å². The van der Waals surface area contributed by atoms with E-state index in [0.717, 1.165) is 22.2 Å². The highest BCUT2D eigenvalue weighted by Gasteiger charge is 2.21. The minimum Gasteiger partial charge on any atom is -0.494 e. The molecule has 0 unspecified atom stereocenters. The molecule has 0 spiro atoms. The lowest BCUT2D eigenvalue weighted by Crippen LogP contribution is -2.00. The van der Waals surface area contributed by atoms with Crippen molar-refractivity contribution in [1.82, 2.24) is 4.98 Å². The Morgan fingerprint density at radius 1 is 1.24 bits per heavy atom. The van der Waals surface area contributed by atoms with Crippen LogP contribution in [0.1, 0.15) is 11.9 Å². The average Bonchev–Trinajstić information content (AvgIpc) is 2.91. The maximum Gasteiger partial charge on any atom is 0.184 e. The van der Waals surface area contributed by atoms with Crippen molar-refractivity contribution >= 4 is 10.9 Å². The fourth-order valence-corrected chi connectivity index (χ4v) is 2.08. The molecule has 2 heterocycles. The molecule has 4 heteroatoms. The molecule has 0 atom stereocenters. The van der Waals surface area contributed by atoms with Crippen molar-refractivity contribution in [3.63, 3.8) is 0 Å². The van der Waals surface area contributed by atoms with E-state index >= 15 is 0 Å². The molecule has 0 bridgehead atoms. The predicted octanol–water partition coefficient (Wildman–Crippen LogP) is 2.29. The van der Waals surface area contributed by atoms with Crippen LogP contribution in [0.15, 0.2) is 30.5 Å². The molecule has 1 fully saturated rings. The number of nitrogens with zero attached hydrogens (tertiary/aromatic N) is 1. The standard InChI is InChI=1S/C13H13NO3/c1-15-11-5-4-10(13-16-7-8-17-13)9-3-2-6-14-12(9)11/h2-6,13H,7-8H2,1H3. The van der Waals surface area contributed by atoms with Crippen molar-refractivity contribution in [2.45, 2.75) is 6.29 Å². The fourth-order valence-electron chi connectivity index (χ4n) is 2.08. The van der Waals surface area contributed by atoms with E-state index in [2.05, 4.69) is 4.98 Å². The third-order valence-electron chi connectivity index (χ3n) is 2.86. The van der Waals surface area contributed by atoms with Crippen LogP contribution in [0, 0.1) is 0 Å². The van der Waals surface area contributed by atoms with Crippen LogP contribution in [-0.2, 0) is 9.47 Å². The zero-order valence-corrected chi connectivity index (χ0v) is 9.55. The molecule has 0 amide bonds.